The number of sulfonamides is 1. The van der Waals surface area contributed by atoms with Crippen molar-refractivity contribution in [1.82, 2.24) is 0 Å². The van der Waals surface area contributed by atoms with Gasteiger partial charge in [0.2, 0.25) is 10.0 Å². The van der Waals surface area contributed by atoms with Crippen molar-refractivity contribution < 1.29 is 18.3 Å². The molecule has 0 heterocycles. The Bertz CT molecular complexity index is 1050. The van der Waals surface area contributed by atoms with Gasteiger partial charge < -0.3 is 5.11 Å². The molecule has 144 valence electrons. The van der Waals surface area contributed by atoms with Crippen molar-refractivity contribution in [3.8, 4) is 0 Å². The lowest BCUT2D eigenvalue weighted by atomic mass is 10.0. The molecule has 5 nitrogen and oxygen atoms in total. The first-order chi connectivity index (χ1) is 13.4. The monoisotopic (exact) mass is 395 g/mol. The summed E-state index contributed by atoms with van der Waals surface area (Å²) in [6.45, 7) is 0. The van der Waals surface area contributed by atoms with Crippen LogP contribution >= 0.6 is 0 Å². The van der Waals surface area contributed by atoms with E-state index in [0.717, 1.165) is 23.1 Å². The Kier molecular flexibility index (Phi) is 6.11. The topological polar surface area (TPSA) is 83.5 Å². The van der Waals surface area contributed by atoms with E-state index in [4.69, 9.17) is 5.11 Å². The average molecular weight is 395 g/mol. The molecule has 3 aromatic rings. The third-order valence-electron chi connectivity index (χ3n) is 4.30. The molecule has 28 heavy (non-hydrogen) atoms. The smallest absolute Gasteiger partial charge is 0.335 e. The van der Waals surface area contributed by atoms with Gasteiger partial charge in [0.05, 0.1) is 11.3 Å². The molecule has 0 aliphatic heterocycles. The van der Waals surface area contributed by atoms with Crippen LogP contribution < -0.4 is 4.72 Å². The summed E-state index contributed by atoms with van der Waals surface area (Å²) in [7, 11) is -3.47. The summed E-state index contributed by atoms with van der Waals surface area (Å²) in [4.78, 5) is 11.0. The lowest BCUT2D eigenvalue weighted by molar-refractivity contribution is 0.0696. The van der Waals surface area contributed by atoms with Gasteiger partial charge in [0, 0.05) is 5.69 Å². The molecule has 0 aliphatic rings. The molecule has 0 aromatic heterocycles. The van der Waals surface area contributed by atoms with Crippen LogP contribution in [0.15, 0.2) is 78.9 Å². The number of hydrogen-bond acceptors (Lipinski definition) is 3. The van der Waals surface area contributed by atoms with Crippen LogP contribution in [0.5, 0.6) is 0 Å². The van der Waals surface area contributed by atoms with Crippen molar-refractivity contribution in [2.45, 2.75) is 18.6 Å². The highest BCUT2D eigenvalue weighted by Gasteiger charge is 2.11. The number of hydrogen-bond donors (Lipinski definition) is 2. The number of aryl methyl sites for hydroxylation is 2. The summed E-state index contributed by atoms with van der Waals surface area (Å²) in [5.74, 6) is -1.01. The molecule has 3 aromatic carbocycles. The molecule has 2 N–H and O–H groups in total. The van der Waals surface area contributed by atoms with Crippen LogP contribution in [0.1, 0.15) is 27.0 Å². The Morgan fingerprint density at radius 3 is 2.11 bits per heavy atom. The number of carbonyl (C=O) groups is 1. The fraction of sp³-hybridized carbons (Fsp3) is 0.136. The maximum absolute atomic E-state index is 12.3. The van der Waals surface area contributed by atoms with E-state index < -0.39 is 16.0 Å². The molecule has 0 aliphatic carbocycles. The first-order valence-corrected chi connectivity index (χ1v) is 10.5. The first kappa shape index (κ1) is 19.6. The zero-order valence-electron chi connectivity index (χ0n) is 15.2. The second-order valence-corrected chi connectivity index (χ2v) is 8.27. The van der Waals surface area contributed by atoms with Gasteiger partial charge in [0.15, 0.2) is 0 Å². The van der Waals surface area contributed by atoms with Gasteiger partial charge in [-0.25, -0.2) is 13.2 Å². The lowest BCUT2D eigenvalue weighted by Gasteiger charge is -2.09. The number of aromatic carboxylic acids is 1. The largest absolute Gasteiger partial charge is 0.478 e. The molecular weight excluding hydrogens is 374 g/mol. The van der Waals surface area contributed by atoms with Crippen LogP contribution in [0.4, 0.5) is 5.69 Å². The van der Waals surface area contributed by atoms with Crippen LogP contribution in [0.2, 0.25) is 0 Å². The number of anilines is 1. The van der Waals surface area contributed by atoms with E-state index in [1.807, 2.05) is 36.4 Å². The Morgan fingerprint density at radius 2 is 1.43 bits per heavy atom. The lowest BCUT2D eigenvalue weighted by Crippen LogP contribution is -2.15. The molecule has 0 radical (unpaired) electrons. The molecule has 0 bridgehead atoms. The van der Waals surface area contributed by atoms with Gasteiger partial charge in [-0.15, -0.1) is 0 Å². The number of carboxylic acid groups (broad SMARTS) is 1. The minimum Gasteiger partial charge on any atom is -0.478 e. The summed E-state index contributed by atoms with van der Waals surface area (Å²) in [5.41, 5.74) is 3.53. The van der Waals surface area contributed by atoms with Crippen LogP contribution in [-0.2, 0) is 28.6 Å². The summed E-state index contributed by atoms with van der Waals surface area (Å²) < 4.78 is 27.2. The normalized spacial score (nSPS) is 11.1. The predicted molar refractivity (Wildman–Crippen MR) is 110 cm³/mol. The zero-order valence-corrected chi connectivity index (χ0v) is 16.0. The molecule has 0 amide bonds. The average Bonchev–Trinajstić information content (AvgIpc) is 2.68. The Balaban J connectivity index is 1.59. The highest BCUT2D eigenvalue weighted by molar-refractivity contribution is 7.91. The molecule has 0 saturated heterocycles. The van der Waals surface area contributed by atoms with Gasteiger partial charge in [-0.2, -0.15) is 0 Å². The summed E-state index contributed by atoms with van der Waals surface area (Å²) in [5, 5.41) is 9.05. The maximum atomic E-state index is 12.3. The fourth-order valence-electron chi connectivity index (χ4n) is 2.90. The molecule has 3 rings (SSSR count). The summed E-state index contributed by atoms with van der Waals surface area (Å²) in [6, 6.07) is 23.2. The van der Waals surface area contributed by atoms with E-state index in [1.165, 1.54) is 0 Å². The van der Waals surface area contributed by atoms with Gasteiger partial charge in [0.1, 0.15) is 0 Å². The van der Waals surface area contributed by atoms with Crippen molar-refractivity contribution in [3.05, 3.63) is 101 Å². The van der Waals surface area contributed by atoms with E-state index in [9.17, 15) is 13.2 Å². The number of rotatable bonds is 8. The second-order valence-electron chi connectivity index (χ2n) is 6.55. The van der Waals surface area contributed by atoms with E-state index in [-0.39, 0.29) is 11.3 Å². The van der Waals surface area contributed by atoms with Crippen molar-refractivity contribution in [2.24, 2.45) is 0 Å². The maximum Gasteiger partial charge on any atom is 0.335 e. The van der Waals surface area contributed by atoms with E-state index >= 15 is 0 Å². The molecule has 6 heteroatoms. The number of carboxylic acids is 1. The van der Waals surface area contributed by atoms with Gasteiger partial charge in [0.25, 0.3) is 0 Å². The van der Waals surface area contributed by atoms with Gasteiger partial charge in [-0.1, -0.05) is 54.6 Å². The highest BCUT2D eigenvalue weighted by Crippen LogP contribution is 2.16. The molecule has 0 fully saturated rings. The van der Waals surface area contributed by atoms with E-state index in [2.05, 4.69) is 4.72 Å². The van der Waals surface area contributed by atoms with Gasteiger partial charge >= 0.3 is 5.97 Å². The molecule has 0 atom stereocenters. The highest BCUT2D eigenvalue weighted by atomic mass is 32.2. The van der Waals surface area contributed by atoms with Crippen LogP contribution in [0.3, 0.4) is 0 Å². The Hall–Kier alpha value is -3.12. The quantitative estimate of drug-likeness (QED) is 0.601. The second kappa shape index (κ2) is 8.71. The molecular formula is C22H21NO4S. The van der Waals surface area contributed by atoms with Gasteiger partial charge in [-0.3, -0.25) is 4.72 Å². The number of nitrogens with one attached hydrogen (secondary N) is 1. The van der Waals surface area contributed by atoms with Crippen molar-refractivity contribution in [3.63, 3.8) is 0 Å². The van der Waals surface area contributed by atoms with Crippen LogP contribution in [0.25, 0.3) is 0 Å². The number of benzene rings is 3. The Morgan fingerprint density at radius 1 is 0.786 bits per heavy atom. The van der Waals surface area contributed by atoms with Gasteiger partial charge in [-0.05, 0) is 53.8 Å². The standard InChI is InChI=1S/C22H21NO4S/c24-22(25)20-8-4-7-18(15-20)10-9-17-11-13-21(14-12-17)23-28(26,27)16-19-5-2-1-3-6-19/h1-8,11-15,23H,9-10,16H2,(H,24,25). The molecule has 0 unspecified atom stereocenters. The first-order valence-electron chi connectivity index (χ1n) is 8.87. The SMILES string of the molecule is O=C(O)c1cccc(CCc2ccc(NS(=O)(=O)Cc3ccccc3)cc2)c1. The fourth-order valence-corrected chi connectivity index (χ4v) is 4.10. The predicted octanol–water partition coefficient (Wildman–Crippen LogP) is 4.11. The zero-order chi connectivity index (χ0) is 20.0. The van der Waals surface area contributed by atoms with E-state index in [0.29, 0.717) is 12.1 Å². The third kappa shape index (κ3) is 5.69. The van der Waals surface area contributed by atoms with Crippen molar-refractivity contribution in [2.75, 3.05) is 4.72 Å². The van der Waals surface area contributed by atoms with E-state index in [1.54, 1.807) is 42.5 Å². The third-order valence-corrected chi connectivity index (χ3v) is 5.56. The van der Waals surface area contributed by atoms with Crippen molar-refractivity contribution >= 4 is 21.7 Å². The van der Waals surface area contributed by atoms with Crippen LogP contribution in [0, 0.1) is 0 Å². The minimum absolute atomic E-state index is 0.0739. The molecule has 0 saturated carbocycles. The minimum atomic E-state index is -3.47. The Labute approximate surface area is 164 Å². The molecule has 0 spiro atoms. The van der Waals surface area contributed by atoms with Crippen molar-refractivity contribution in [1.29, 1.82) is 0 Å². The summed E-state index contributed by atoms with van der Waals surface area (Å²) in [6.07, 6.45) is 1.44. The van der Waals surface area contributed by atoms with Crippen LogP contribution in [-0.4, -0.2) is 19.5 Å². The summed E-state index contributed by atoms with van der Waals surface area (Å²) >= 11 is 0.